The highest BCUT2D eigenvalue weighted by atomic mass is 32.1. The third kappa shape index (κ3) is 1.98. The Labute approximate surface area is 89.3 Å². The van der Waals surface area contributed by atoms with Crippen LogP contribution in [-0.2, 0) is 10.2 Å². The molecule has 0 aromatic carbocycles. The minimum absolute atomic E-state index is 0.00819. The van der Waals surface area contributed by atoms with Crippen molar-refractivity contribution in [2.45, 2.75) is 26.2 Å². The average molecular weight is 211 g/mol. The molecule has 1 rings (SSSR count). The third-order valence-electron chi connectivity index (χ3n) is 2.88. The van der Waals surface area contributed by atoms with Crippen molar-refractivity contribution in [3.05, 3.63) is 22.4 Å². The van der Waals surface area contributed by atoms with E-state index in [1.807, 2.05) is 18.4 Å². The van der Waals surface area contributed by atoms with Gasteiger partial charge in [-0.05, 0) is 11.4 Å². The first-order chi connectivity index (χ1) is 6.50. The van der Waals surface area contributed by atoms with E-state index in [9.17, 15) is 4.79 Å². The first-order valence-corrected chi connectivity index (χ1v) is 5.63. The van der Waals surface area contributed by atoms with Crippen LogP contribution in [0.5, 0.6) is 0 Å². The Kier molecular flexibility index (Phi) is 3.32. The van der Waals surface area contributed by atoms with E-state index < -0.39 is 0 Å². The Hall–Kier alpha value is -0.830. The molecule has 14 heavy (non-hydrogen) atoms. The summed E-state index contributed by atoms with van der Waals surface area (Å²) in [6, 6.07) is 4.11. The Morgan fingerprint density at radius 2 is 2.21 bits per heavy atom. The van der Waals surface area contributed by atoms with E-state index >= 15 is 0 Å². The van der Waals surface area contributed by atoms with Crippen LogP contribution < -0.4 is 5.32 Å². The quantitative estimate of drug-likeness (QED) is 0.817. The summed E-state index contributed by atoms with van der Waals surface area (Å²) in [6.45, 7) is 6.19. The average Bonchev–Trinajstić information content (AvgIpc) is 2.68. The molecule has 0 unspecified atom stereocenters. The molecule has 0 saturated carbocycles. The number of hydrogen-bond acceptors (Lipinski definition) is 2. The Morgan fingerprint density at radius 1 is 1.57 bits per heavy atom. The zero-order valence-corrected chi connectivity index (χ0v) is 9.94. The zero-order valence-electron chi connectivity index (χ0n) is 9.13. The van der Waals surface area contributed by atoms with Gasteiger partial charge in [0, 0.05) is 23.3 Å². The number of rotatable bonds is 3. The van der Waals surface area contributed by atoms with Crippen molar-refractivity contribution in [2.75, 3.05) is 7.05 Å². The van der Waals surface area contributed by atoms with Crippen molar-refractivity contribution in [2.24, 2.45) is 5.92 Å². The maximum atomic E-state index is 11.5. The van der Waals surface area contributed by atoms with Gasteiger partial charge in [-0.1, -0.05) is 26.8 Å². The fourth-order valence-corrected chi connectivity index (χ4v) is 2.34. The van der Waals surface area contributed by atoms with E-state index in [-0.39, 0.29) is 17.2 Å². The van der Waals surface area contributed by atoms with Crippen molar-refractivity contribution in [1.29, 1.82) is 0 Å². The van der Waals surface area contributed by atoms with Crippen LogP contribution in [0.25, 0.3) is 0 Å². The van der Waals surface area contributed by atoms with Gasteiger partial charge in [-0.3, -0.25) is 4.79 Å². The molecule has 0 radical (unpaired) electrons. The van der Waals surface area contributed by atoms with E-state index in [0.717, 1.165) is 0 Å². The highest BCUT2D eigenvalue weighted by molar-refractivity contribution is 7.10. The topological polar surface area (TPSA) is 29.1 Å². The van der Waals surface area contributed by atoms with Crippen molar-refractivity contribution in [1.82, 2.24) is 5.32 Å². The summed E-state index contributed by atoms with van der Waals surface area (Å²) in [5, 5.41) is 4.75. The summed E-state index contributed by atoms with van der Waals surface area (Å²) in [6.07, 6.45) is 0. The molecule has 1 amide bonds. The van der Waals surface area contributed by atoms with Gasteiger partial charge in [-0.2, -0.15) is 0 Å². The summed E-state index contributed by atoms with van der Waals surface area (Å²) in [4.78, 5) is 12.8. The minimum atomic E-state index is -0.0890. The molecule has 0 saturated heterocycles. The SMILES string of the molecule is CNC(=O)[C@H](C)C(C)(C)c1cccs1. The van der Waals surface area contributed by atoms with Crippen molar-refractivity contribution in [3.8, 4) is 0 Å². The summed E-state index contributed by atoms with van der Waals surface area (Å²) < 4.78 is 0. The molecule has 1 atom stereocenters. The lowest BCUT2D eigenvalue weighted by Gasteiger charge is -2.29. The fourth-order valence-electron chi connectivity index (χ4n) is 1.40. The van der Waals surface area contributed by atoms with Gasteiger partial charge < -0.3 is 5.32 Å². The molecule has 0 aliphatic rings. The maximum Gasteiger partial charge on any atom is 0.223 e. The smallest absolute Gasteiger partial charge is 0.223 e. The number of carbonyl (C=O) groups excluding carboxylic acids is 1. The van der Waals surface area contributed by atoms with Crippen LogP contribution in [0.3, 0.4) is 0 Å². The Balaban J connectivity index is 2.90. The maximum absolute atomic E-state index is 11.5. The highest BCUT2D eigenvalue weighted by Crippen LogP contribution is 2.34. The van der Waals surface area contributed by atoms with Gasteiger partial charge >= 0.3 is 0 Å². The van der Waals surface area contributed by atoms with Gasteiger partial charge in [-0.15, -0.1) is 11.3 Å². The van der Waals surface area contributed by atoms with E-state index in [0.29, 0.717) is 0 Å². The lowest BCUT2D eigenvalue weighted by Crippen LogP contribution is -2.37. The second-order valence-corrected chi connectivity index (χ2v) is 4.98. The first kappa shape index (κ1) is 11.2. The molecular formula is C11H17NOS. The van der Waals surface area contributed by atoms with Crippen molar-refractivity contribution < 1.29 is 4.79 Å². The minimum Gasteiger partial charge on any atom is -0.359 e. The molecule has 1 heterocycles. The summed E-state index contributed by atoms with van der Waals surface area (Å²) in [5.74, 6) is 0.0922. The molecule has 2 nitrogen and oxygen atoms in total. The lowest BCUT2D eigenvalue weighted by atomic mass is 9.78. The van der Waals surface area contributed by atoms with E-state index in [4.69, 9.17) is 0 Å². The van der Waals surface area contributed by atoms with Crippen LogP contribution in [0.2, 0.25) is 0 Å². The molecule has 78 valence electrons. The second-order valence-electron chi connectivity index (χ2n) is 4.03. The van der Waals surface area contributed by atoms with Crippen LogP contribution in [0.1, 0.15) is 25.6 Å². The molecule has 0 spiro atoms. The molecule has 0 aliphatic heterocycles. The predicted octanol–water partition coefficient (Wildman–Crippen LogP) is 2.41. The lowest BCUT2D eigenvalue weighted by molar-refractivity contribution is -0.125. The molecule has 1 aromatic rings. The zero-order chi connectivity index (χ0) is 10.8. The van der Waals surface area contributed by atoms with E-state index in [2.05, 4.69) is 25.2 Å². The monoisotopic (exact) mass is 211 g/mol. The number of amides is 1. The van der Waals surface area contributed by atoms with Crippen molar-refractivity contribution >= 4 is 17.2 Å². The van der Waals surface area contributed by atoms with Gasteiger partial charge in [0.25, 0.3) is 0 Å². The molecular weight excluding hydrogens is 194 g/mol. The molecule has 3 heteroatoms. The van der Waals surface area contributed by atoms with E-state index in [1.54, 1.807) is 18.4 Å². The molecule has 0 bridgehead atoms. The standard InChI is InChI=1S/C11H17NOS/c1-8(10(13)12-4)11(2,3)9-6-5-7-14-9/h5-8H,1-4H3,(H,12,13)/t8-/m0/s1. The molecule has 0 aliphatic carbocycles. The normalized spacial score (nSPS) is 13.7. The van der Waals surface area contributed by atoms with Gasteiger partial charge in [0.15, 0.2) is 0 Å². The molecule has 1 aromatic heterocycles. The Morgan fingerprint density at radius 3 is 2.64 bits per heavy atom. The van der Waals surface area contributed by atoms with Crippen molar-refractivity contribution in [3.63, 3.8) is 0 Å². The summed E-state index contributed by atoms with van der Waals surface area (Å²) in [7, 11) is 1.68. The fraction of sp³-hybridized carbons (Fsp3) is 0.545. The van der Waals surface area contributed by atoms with Crippen LogP contribution in [0, 0.1) is 5.92 Å². The molecule has 0 fully saturated rings. The number of carbonyl (C=O) groups is 1. The largest absolute Gasteiger partial charge is 0.359 e. The Bertz CT molecular complexity index is 303. The van der Waals surface area contributed by atoms with Gasteiger partial charge in [0.1, 0.15) is 0 Å². The van der Waals surface area contributed by atoms with Crippen LogP contribution in [0.15, 0.2) is 17.5 Å². The van der Waals surface area contributed by atoms with Crippen LogP contribution >= 0.6 is 11.3 Å². The van der Waals surface area contributed by atoms with Crippen LogP contribution in [-0.4, -0.2) is 13.0 Å². The van der Waals surface area contributed by atoms with E-state index in [1.165, 1.54) is 4.88 Å². The first-order valence-electron chi connectivity index (χ1n) is 4.75. The second kappa shape index (κ2) is 4.13. The number of hydrogen-bond donors (Lipinski definition) is 1. The highest BCUT2D eigenvalue weighted by Gasteiger charge is 2.33. The van der Waals surface area contributed by atoms with Gasteiger partial charge in [0.05, 0.1) is 0 Å². The summed E-state index contributed by atoms with van der Waals surface area (Å²) in [5.41, 5.74) is -0.0890. The van der Waals surface area contributed by atoms with Gasteiger partial charge in [0.2, 0.25) is 5.91 Å². The predicted molar refractivity (Wildman–Crippen MR) is 60.6 cm³/mol. The number of nitrogens with one attached hydrogen (secondary N) is 1. The third-order valence-corrected chi connectivity index (χ3v) is 4.09. The molecule has 1 N–H and O–H groups in total. The van der Waals surface area contributed by atoms with Crippen LogP contribution in [0.4, 0.5) is 0 Å². The number of thiophene rings is 1. The van der Waals surface area contributed by atoms with Gasteiger partial charge in [-0.25, -0.2) is 0 Å². The summed E-state index contributed by atoms with van der Waals surface area (Å²) >= 11 is 1.71.